The Hall–Kier alpha value is -0.120. The number of nitrogens with two attached hydrogens (primary N) is 1. The molecule has 0 aliphatic heterocycles. The zero-order chi connectivity index (χ0) is 7.98. The van der Waals surface area contributed by atoms with Gasteiger partial charge in [-0.3, -0.25) is 0 Å². The van der Waals surface area contributed by atoms with Gasteiger partial charge in [-0.05, 0) is 18.9 Å². The topological polar surface area (TPSA) is 38.5 Å². The molecule has 10 heavy (non-hydrogen) atoms. The summed E-state index contributed by atoms with van der Waals surface area (Å²) in [5, 5.41) is 1.81. The number of nitrogens with zero attached hydrogens (tertiary/aromatic N) is 1. The van der Waals surface area contributed by atoms with Crippen molar-refractivity contribution in [1.29, 1.82) is 0 Å². The van der Waals surface area contributed by atoms with E-state index in [0.29, 0.717) is 5.92 Å². The van der Waals surface area contributed by atoms with Crippen LogP contribution in [-0.2, 0) is 4.84 Å². The fourth-order valence-corrected chi connectivity index (χ4v) is 0.611. The number of hydrogen-bond acceptors (Lipinski definition) is 3. The molecule has 3 nitrogen and oxygen atoms in total. The fourth-order valence-electron chi connectivity index (χ4n) is 0.611. The summed E-state index contributed by atoms with van der Waals surface area (Å²) in [7, 11) is 3.59. The first kappa shape index (κ1) is 9.88. The Balaban J connectivity index is 3.17. The number of rotatable bonds is 5. The number of hydroxylamine groups is 2. The lowest BCUT2D eigenvalue weighted by molar-refractivity contribution is -0.111. The van der Waals surface area contributed by atoms with E-state index in [1.807, 2.05) is 12.1 Å². The minimum atomic E-state index is 0.595. The predicted molar refractivity (Wildman–Crippen MR) is 42.5 cm³/mol. The van der Waals surface area contributed by atoms with E-state index in [1.165, 1.54) is 0 Å². The molecule has 0 heterocycles. The summed E-state index contributed by atoms with van der Waals surface area (Å²) in [5.74, 6) is 0.595. The SMILES string of the molecule is CON(C)CCC(C)CN. The van der Waals surface area contributed by atoms with Gasteiger partial charge in [-0.1, -0.05) is 6.92 Å². The third kappa shape index (κ3) is 4.73. The summed E-state index contributed by atoms with van der Waals surface area (Å²) < 4.78 is 0. The van der Waals surface area contributed by atoms with Crippen LogP contribution in [0.2, 0.25) is 0 Å². The van der Waals surface area contributed by atoms with Crippen LogP contribution in [-0.4, -0.2) is 32.3 Å². The van der Waals surface area contributed by atoms with Gasteiger partial charge in [0, 0.05) is 13.6 Å². The van der Waals surface area contributed by atoms with Crippen molar-refractivity contribution in [3.05, 3.63) is 0 Å². The molecular formula is C7H18N2O. The van der Waals surface area contributed by atoms with Crippen molar-refractivity contribution in [2.45, 2.75) is 13.3 Å². The van der Waals surface area contributed by atoms with Crippen LogP contribution in [0.4, 0.5) is 0 Å². The largest absolute Gasteiger partial charge is 0.330 e. The van der Waals surface area contributed by atoms with Gasteiger partial charge in [0.2, 0.25) is 0 Å². The molecule has 0 aliphatic rings. The summed E-state index contributed by atoms with van der Waals surface area (Å²) in [5.41, 5.74) is 5.44. The summed E-state index contributed by atoms with van der Waals surface area (Å²) in [4.78, 5) is 4.94. The van der Waals surface area contributed by atoms with Crippen LogP contribution in [0.1, 0.15) is 13.3 Å². The van der Waals surface area contributed by atoms with Gasteiger partial charge in [-0.25, -0.2) is 0 Å². The van der Waals surface area contributed by atoms with E-state index in [2.05, 4.69) is 6.92 Å². The Kier molecular flexibility index (Phi) is 5.58. The lowest BCUT2D eigenvalue weighted by Gasteiger charge is -2.15. The van der Waals surface area contributed by atoms with Gasteiger partial charge in [-0.15, -0.1) is 0 Å². The molecule has 0 aliphatic carbocycles. The third-order valence-electron chi connectivity index (χ3n) is 1.65. The molecule has 0 amide bonds. The van der Waals surface area contributed by atoms with Crippen molar-refractivity contribution >= 4 is 0 Å². The fraction of sp³-hybridized carbons (Fsp3) is 1.00. The van der Waals surface area contributed by atoms with Crippen LogP contribution in [0.25, 0.3) is 0 Å². The quantitative estimate of drug-likeness (QED) is 0.573. The molecule has 1 atom stereocenters. The third-order valence-corrected chi connectivity index (χ3v) is 1.65. The molecule has 1 unspecified atom stereocenters. The van der Waals surface area contributed by atoms with Crippen molar-refractivity contribution in [1.82, 2.24) is 5.06 Å². The number of hydrogen-bond donors (Lipinski definition) is 1. The molecule has 0 rings (SSSR count). The second kappa shape index (κ2) is 5.65. The molecule has 62 valence electrons. The Bertz CT molecular complexity index is 68.0. The molecule has 0 spiro atoms. The van der Waals surface area contributed by atoms with E-state index < -0.39 is 0 Å². The van der Waals surface area contributed by atoms with E-state index in [4.69, 9.17) is 10.6 Å². The summed E-state index contributed by atoms with van der Waals surface area (Å²) in [6.45, 7) is 3.86. The first-order valence-corrected chi connectivity index (χ1v) is 3.66. The minimum absolute atomic E-state index is 0.595. The predicted octanol–water partition coefficient (Wildman–Crippen LogP) is 0.465. The summed E-state index contributed by atoms with van der Waals surface area (Å²) in [6.07, 6.45) is 1.10. The molecular weight excluding hydrogens is 128 g/mol. The molecule has 2 N–H and O–H groups in total. The molecule has 0 bridgehead atoms. The first-order valence-electron chi connectivity index (χ1n) is 3.66. The van der Waals surface area contributed by atoms with E-state index in [0.717, 1.165) is 19.5 Å². The highest BCUT2D eigenvalue weighted by atomic mass is 16.7. The lowest BCUT2D eigenvalue weighted by atomic mass is 10.1. The average Bonchev–Trinajstić information content (AvgIpc) is 1.99. The Morgan fingerprint density at radius 1 is 1.60 bits per heavy atom. The second-order valence-electron chi connectivity index (χ2n) is 2.66. The highest BCUT2D eigenvalue weighted by Gasteiger charge is 2.00. The van der Waals surface area contributed by atoms with Crippen LogP contribution in [0, 0.1) is 5.92 Å². The van der Waals surface area contributed by atoms with E-state index >= 15 is 0 Å². The van der Waals surface area contributed by atoms with Gasteiger partial charge < -0.3 is 10.6 Å². The van der Waals surface area contributed by atoms with Crippen LogP contribution in [0.5, 0.6) is 0 Å². The Morgan fingerprint density at radius 2 is 2.20 bits per heavy atom. The lowest BCUT2D eigenvalue weighted by Crippen LogP contribution is -2.22. The van der Waals surface area contributed by atoms with E-state index in [-0.39, 0.29) is 0 Å². The molecule has 0 saturated heterocycles. The van der Waals surface area contributed by atoms with Crippen LogP contribution >= 0.6 is 0 Å². The molecule has 0 radical (unpaired) electrons. The van der Waals surface area contributed by atoms with E-state index in [1.54, 1.807) is 7.11 Å². The smallest absolute Gasteiger partial charge is 0.0575 e. The molecule has 0 aromatic carbocycles. The normalized spacial score (nSPS) is 14.1. The average molecular weight is 146 g/mol. The molecule has 0 saturated carbocycles. The maximum absolute atomic E-state index is 5.44. The van der Waals surface area contributed by atoms with Gasteiger partial charge in [-0.2, -0.15) is 5.06 Å². The highest BCUT2D eigenvalue weighted by molar-refractivity contribution is 4.53. The highest BCUT2D eigenvalue weighted by Crippen LogP contribution is 1.99. The van der Waals surface area contributed by atoms with Gasteiger partial charge >= 0.3 is 0 Å². The zero-order valence-corrected chi connectivity index (χ0v) is 7.13. The molecule has 0 aromatic heterocycles. The monoisotopic (exact) mass is 146 g/mol. The maximum atomic E-state index is 5.44. The molecule has 3 heteroatoms. The maximum Gasteiger partial charge on any atom is 0.0575 e. The second-order valence-corrected chi connectivity index (χ2v) is 2.66. The summed E-state index contributed by atoms with van der Waals surface area (Å²) >= 11 is 0. The van der Waals surface area contributed by atoms with Crippen molar-refractivity contribution in [2.75, 3.05) is 27.2 Å². The van der Waals surface area contributed by atoms with E-state index in [9.17, 15) is 0 Å². The van der Waals surface area contributed by atoms with Gasteiger partial charge in [0.15, 0.2) is 0 Å². The Labute approximate surface area is 63.1 Å². The Morgan fingerprint density at radius 3 is 2.60 bits per heavy atom. The van der Waals surface area contributed by atoms with Crippen molar-refractivity contribution in [2.24, 2.45) is 11.7 Å². The standard InChI is InChI=1S/C7H18N2O/c1-7(6-8)4-5-9(2)10-3/h7H,4-6,8H2,1-3H3. The van der Waals surface area contributed by atoms with Crippen molar-refractivity contribution < 1.29 is 4.84 Å². The van der Waals surface area contributed by atoms with Crippen molar-refractivity contribution in [3.8, 4) is 0 Å². The first-order chi connectivity index (χ1) is 4.70. The van der Waals surface area contributed by atoms with Gasteiger partial charge in [0.1, 0.15) is 0 Å². The van der Waals surface area contributed by atoms with Gasteiger partial charge in [0.25, 0.3) is 0 Å². The molecule has 0 aromatic rings. The van der Waals surface area contributed by atoms with Crippen LogP contribution in [0.15, 0.2) is 0 Å². The zero-order valence-electron chi connectivity index (χ0n) is 7.13. The van der Waals surface area contributed by atoms with Crippen LogP contribution in [0.3, 0.4) is 0 Å². The van der Waals surface area contributed by atoms with Gasteiger partial charge in [0.05, 0.1) is 7.11 Å². The van der Waals surface area contributed by atoms with Crippen LogP contribution < -0.4 is 5.73 Å². The minimum Gasteiger partial charge on any atom is -0.330 e. The summed E-state index contributed by atoms with van der Waals surface area (Å²) in [6, 6.07) is 0. The van der Waals surface area contributed by atoms with Crippen molar-refractivity contribution in [3.63, 3.8) is 0 Å². The molecule has 0 fully saturated rings.